The minimum atomic E-state index is 0.591. The molecule has 0 aliphatic heterocycles. The molecule has 4 heteroatoms. The number of hydrogen-bond donors (Lipinski definition) is 0. The number of hydrogen-bond acceptors (Lipinski definition) is 2. The number of ether oxygens (including phenoxy) is 1. The zero-order chi connectivity index (χ0) is 18.8. The number of aromatic nitrogens is 2. The third-order valence-electron chi connectivity index (χ3n) is 4.88. The summed E-state index contributed by atoms with van der Waals surface area (Å²) in [7, 11) is 0. The molecule has 0 atom stereocenters. The van der Waals surface area contributed by atoms with Gasteiger partial charge in [0.1, 0.15) is 18.2 Å². The van der Waals surface area contributed by atoms with Gasteiger partial charge in [-0.25, -0.2) is 4.98 Å². The molecule has 27 heavy (non-hydrogen) atoms. The van der Waals surface area contributed by atoms with E-state index in [2.05, 4.69) is 70.7 Å². The molecule has 0 saturated carbocycles. The predicted molar refractivity (Wildman–Crippen MR) is 114 cm³/mol. The summed E-state index contributed by atoms with van der Waals surface area (Å²) in [6.45, 7) is 5.54. The fourth-order valence-electron chi connectivity index (χ4n) is 3.25. The highest BCUT2D eigenvalue weighted by Gasteiger charge is 2.12. The van der Waals surface area contributed by atoms with Crippen molar-refractivity contribution in [1.82, 2.24) is 9.55 Å². The molecule has 0 aliphatic rings. The lowest BCUT2D eigenvalue weighted by atomic mass is 10.1. The summed E-state index contributed by atoms with van der Waals surface area (Å²) in [6, 6.07) is 22.7. The van der Waals surface area contributed by atoms with E-state index in [0.29, 0.717) is 6.61 Å². The van der Waals surface area contributed by atoms with Gasteiger partial charge in [-0.2, -0.15) is 0 Å². The van der Waals surface area contributed by atoms with Gasteiger partial charge in [0.25, 0.3) is 0 Å². The van der Waals surface area contributed by atoms with Gasteiger partial charge in [0.2, 0.25) is 0 Å². The number of imidazole rings is 1. The molecule has 0 aliphatic carbocycles. The summed E-state index contributed by atoms with van der Waals surface area (Å²) in [4.78, 5) is 4.86. The molecule has 4 rings (SSSR count). The van der Waals surface area contributed by atoms with Gasteiger partial charge < -0.3 is 9.30 Å². The van der Waals surface area contributed by atoms with Crippen molar-refractivity contribution in [3.8, 4) is 17.1 Å². The fourth-order valence-corrected chi connectivity index (χ4v) is 3.51. The van der Waals surface area contributed by atoms with Crippen molar-refractivity contribution in [2.75, 3.05) is 6.61 Å². The van der Waals surface area contributed by atoms with E-state index >= 15 is 0 Å². The van der Waals surface area contributed by atoms with Crippen LogP contribution in [0.2, 0.25) is 0 Å². The molecule has 0 amide bonds. The molecule has 3 aromatic carbocycles. The highest BCUT2D eigenvalue weighted by Crippen LogP contribution is 2.26. The SMILES string of the molecule is Cc1cccc(OCCn2c(-c3ccc(Br)cc3)nc3ccccc32)c1C. The van der Waals surface area contributed by atoms with Crippen LogP contribution in [-0.4, -0.2) is 16.2 Å². The van der Waals surface area contributed by atoms with Crippen LogP contribution in [0.4, 0.5) is 0 Å². The largest absolute Gasteiger partial charge is 0.491 e. The van der Waals surface area contributed by atoms with Gasteiger partial charge >= 0.3 is 0 Å². The first-order valence-corrected chi connectivity index (χ1v) is 9.83. The lowest BCUT2D eigenvalue weighted by molar-refractivity contribution is 0.298. The molecule has 0 saturated heterocycles. The first-order valence-electron chi connectivity index (χ1n) is 9.04. The van der Waals surface area contributed by atoms with Crippen LogP contribution in [-0.2, 0) is 6.54 Å². The number of aryl methyl sites for hydroxylation is 1. The Morgan fingerprint density at radius 3 is 2.52 bits per heavy atom. The van der Waals surface area contributed by atoms with Gasteiger partial charge in [0.15, 0.2) is 0 Å². The average molecular weight is 421 g/mol. The number of halogens is 1. The maximum atomic E-state index is 6.09. The van der Waals surface area contributed by atoms with Crippen molar-refractivity contribution >= 4 is 27.0 Å². The van der Waals surface area contributed by atoms with E-state index in [4.69, 9.17) is 9.72 Å². The van der Waals surface area contributed by atoms with Gasteiger partial charge in [-0.3, -0.25) is 0 Å². The third-order valence-corrected chi connectivity index (χ3v) is 5.41. The molecule has 136 valence electrons. The predicted octanol–water partition coefficient (Wildman–Crippen LogP) is 6.16. The minimum Gasteiger partial charge on any atom is -0.491 e. The lowest BCUT2D eigenvalue weighted by Crippen LogP contribution is -2.10. The van der Waals surface area contributed by atoms with E-state index in [1.807, 2.05) is 30.3 Å². The summed E-state index contributed by atoms with van der Waals surface area (Å²) < 4.78 is 9.40. The van der Waals surface area contributed by atoms with Crippen molar-refractivity contribution in [3.05, 3.63) is 82.3 Å². The average Bonchev–Trinajstić information content (AvgIpc) is 3.04. The lowest BCUT2D eigenvalue weighted by Gasteiger charge is -2.13. The molecule has 0 N–H and O–H groups in total. The van der Waals surface area contributed by atoms with Crippen molar-refractivity contribution in [2.45, 2.75) is 20.4 Å². The quantitative estimate of drug-likeness (QED) is 0.386. The monoisotopic (exact) mass is 420 g/mol. The summed E-state index contributed by atoms with van der Waals surface area (Å²) in [5, 5.41) is 0. The number of fused-ring (bicyclic) bond motifs is 1. The highest BCUT2D eigenvalue weighted by atomic mass is 79.9. The fraction of sp³-hybridized carbons (Fsp3) is 0.174. The minimum absolute atomic E-state index is 0.591. The standard InChI is InChI=1S/C23H21BrN2O/c1-16-6-5-9-22(17(16)2)27-15-14-26-21-8-4-3-7-20(21)25-23(26)18-10-12-19(24)13-11-18/h3-13H,14-15H2,1-2H3. The Morgan fingerprint density at radius 2 is 1.70 bits per heavy atom. The van der Waals surface area contributed by atoms with E-state index < -0.39 is 0 Å². The molecule has 4 aromatic rings. The van der Waals surface area contributed by atoms with Crippen LogP contribution < -0.4 is 4.74 Å². The zero-order valence-electron chi connectivity index (χ0n) is 15.4. The van der Waals surface area contributed by atoms with Crippen LogP contribution in [0.15, 0.2) is 71.2 Å². The Hall–Kier alpha value is -2.59. The summed E-state index contributed by atoms with van der Waals surface area (Å²) in [6.07, 6.45) is 0. The van der Waals surface area contributed by atoms with E-state index in [1.165, 1.54) is 11.1 Å². The zero-order valence-corrected chi connectivity index (χ0v) is 17.0. The Balaban J connectivity index is 1.65. The molecule has 3 nitrogen and oxygen atoms in total. The molecule has 0 spiro atoms. The van der Waals surface area contributed by atoms with Crippen LogP contribution in [0.3, 0.4) is 0 Å². The second-order valence-electron chi connectivity index (χ2n) is 6.63. The van der Waals surface area contributed by atoms with Crippen LogP contribution in [0.25, 0.3) is 22.4 Å². The topological polar surface area (TPSA) is 27.1 Å². The Kier molecular flexibility index (Phi) is 4.99. The molecule has 0 radical (unpaired) electrons. The van der Waals surface area contributed by atoms with Crippen molar-refractivity contribution in [2.24, 2.45) is 0 Å². The first-order chi connectivity index (χ1) is 13.1. The van der Waals surface area contributed by atoms with Gasteiger partial charge in [-0.05, 0) is 55.3 Å². The van der Waals surface area contributed by atoms with Gasteiger partial charge in [-0.15, -0.1) is 0 Å². The smallest absolute Gasteiger partial charge is 0.141 e. The second kappa shape index (κ2) is 7.57. The van der Waals surface area contributed by atoms with Gasteiger partial charge in [0.05, 0.1) is 17.6 Å². The Bertz CT molecular complexity index is 1080. The number of nitrogens with zero attached hydrogens (tertiary/aromatic N) is 2. The third kappa shape index (κ3) is 3.62. The Morgan fingerprint density at radius 1 is 0.926 bits per heavy atom. The highest BCUT2D eigenvalue weighted by molar-refractivity contribution is 9.10. The second-order valence-corrected chi connectivity index (χ2v) is 7.54. The molecule has 0 bridgehead atoms. The van der Waals surface area contributed by atoms with E-state index in [9.17, 15) is 0 Å². The normalized spacial score (nSPS) is 11.1. The number of benzene rings is 3. The molecule has 0 unspecified atom stereocenters. The van der Waals surface area contributed by atoms with Gasteiger partial charge in [0, 0.05) is 10.0 Å². The maximum Gasteiger partial charge on any atom is 0.141 e. The van der Waals surface area contributed by atoms with Crippen LogP contribution in [0.5, 0.6) is 5.75 Å². The van der Waals surface area contributed by atoms with Crippen LogP contribution >= 0.6 is 15.9 Å². The summed E-state index contributed by atoms with van der Waals surface area (Å²) >= 11 is 3.50. The first kappa shape index (κ1) is 17.8. The van der Waals surface area contributed by atoms with Crippen molar-refractivity contribution in [1.29, 1.82) is 0 Å². The van der Waals surface area contributed by atoms with E-state index in [0.717, 1.165) is 39.2 Å². The van der Waals surface area contributed by atoms with Crippen LogP contribution in [0, 0.1) is 13.8 Å². The number of rotatable bonds is 5. The van der Waals surface area contributed by atoms with Crippen LogP contribution in [0.1, 0.15) is 11.1 Å². The summed E-state index contributed by atoms with van der Waals surface area (Å²) in [5.74, 6) is 1.91. The molecular weight excluding hydrogens is 400 g/mol. The van der Waals surface area contributed by atoms with Crippen molar-refractivity contribution in [3.63, 3.8) is 0 Å². The van der Waals surface area contributed by atoms with Crippen molar-refractivity contribution < 1.29 is 4.74 Å². The molecular formula is C23H21BrN2O. The molecule has 1 heterocycles. The van der Waals surface area contributed by atoms with E-state index in [-0.39, 0.29) is 0 Å². The van der Waals surface area contributed by atoms with Gasteiger partial charge in [-0.1, -0.05) is 52.3 Å². The number of para-hydroxylation sites is 2. The molecule has 1 aromatic heterocycles. The maximum absolute atomic E-state index is 6.09. The molecule has 0 fully saturated rings. The Labute approximate surface area is 167 Å². The van der Waals surface area contributed by atoms with E-state index in [1.54, 1.807) is 0 Å². The summed E-state index contributed by atoms with van der Waals surface area (Å²) in [5.41, 5.74) is 5.67.